The average Bonchev–Trinajstić information content (AvgIpc) is 2.85. The Balaban J connectivity index is 1.97. The molecule has 4 rings (SSSR count). The second kappa shape index (κ2) is 4.17. The highest BCUT2D eigenvalue weighted by Gasteiger charge is 2.09. The van der Waals surface area contributed by atoms with E-state index in [1.807, 2.05) is 30.5 Å². The van der Waals surface area contributed by atoms with Crippen LogP contribution in [-0.2, 0) is 0 Å². The Hall–Kier alpha value is -2.68. The molecule has 4 aromatic rings. The monoisotopic (exact) mass is 260 g/mol. The summed E-state index contributed by atoms with van der Waals surface area (Å²) < 4.78 is 5.79. The number of hydrogen-bond acceptors (Lipinski definition) is 3. The molecular formula is C17H12N2O. The smallest absolute Gasteiger partial charge is 0.227 e. The van der Waals surface area contributed by atoms with Gasteiger partial charge in [0, 0.05) is 34.8 Å². The Kier molecular flexibility index (Phi) is 2.33. The van der Waals surface area contributed by atoms with Gasteiger partial charge in [0.05, 0.1) is 5.69 Å². The Morgan fingerprint density at radius 2 is 1.90 bits per heavy atom. The summed E-state index contributed by atoms with van der Waals surface area (Å²) in [4.78, 5) is 8.79. The Bertz CT molecular complexity index is 924. The van der Waals surface area contributed by atoms with Crippen molar-refractivity contribution in [2.45, 2.75) is 6.92 Å². The van der Waals surface area contributed by atoms with Crippen molar-refractivity contribution in [1.29, 1.82) is 0 Å². The summed E-state index contributed by atoms with van der Waals surface area (Å²) in [6, 6.07) is 14.2. The molecule has 0 unspecified atom stereocenters. The molecule has 0 aliphatic carbocycles. The summed E-state index contributed by atoms with van der Waals surface area (Å²) in [6.45, 7) is 2.08. The van der Waals surface area contributed by atoms with Gasteiger partial charge in [0.2, 0.25) is 5.71 Å². The van der Waals surface area contributed by atoms with Gasteiger partial charge in [-0.2, -0.15) is 0 Å². The molecule has 1 aromatic carbocycles. The predicted octanol–water partition coefficient (Wildman–Crippen LogP) is 4.35. The van der Waals surface area contributed by atoms with E-state index in [2.05, 4.69) is 35.1 Å². The molecule has 0 spiro atoms. The maximum atomic E-state index is 5.79. The standard InChI is InChI=1S/C17H12N2O/c1-11-4-2-5-12(8-11)15-9-16-14(10-19-15)13-6-3-7-18-17(13)20-16/h2-10H,1H3. The minimum Gasteiger partial charge on any atom is -0.438 e. The van der Waals surface area contributed by atoms with E-state index >= 15 is 0 Å². The second-order valence-corrected chi connectivity index (χ2v) is 4.89. The van der Waals surface area contributed by atoms with E-state index in [1.165, 1.54) is 5.56 Å². The van der Waals surface area contributed by atoms with Gasteiger partial charge in [-0.25, -0.2) is 4.98 Å². The Morgan fingerprint density at radius 3 is 2.80 bits per heavy atom. The van der Waals surface area contributed by atoms with Crippen LogP contribution >= 0.6 is 0 Å². The van der Waals surface area contributed by atoms with Crippen LogP contribution in [-0.4, -0.2) is 9.97 Å². The summed E-state index contributed by atoms with van der Waals surface area (Å²) in [5.74, 6) is 0. The quantitative estimate of drug-likeness (QED) is 0.510. The van der Waals surface area contributed by atoms with Crippen LogP contribution in [0.25, 0.3) is 33.3 Å². The highest BCUT2D eigenvalue weighted by molar-refractivity contribution is 6.03. The van der Waals surface area contributed by atoms with Crippen LogP contribution in [0.3, 0.4) is 0 Å². The van der Waals surface area contributed by atoms with E-state index in [1.54, 1.807) is 6.20 Å². The Morgan fingerprint density at radius 1 is 0.950 bits per heavy atom. The van der Waals surface area contributed by atoms with E-state index in [9.17, 15) is 0 Å². The fourth-order valence-corrected chi connectivity index (χ4v) is 2.47. The number of furan rings is 1. The van der Waals surface area contributed by atoms with Crippen molar-refractivity contribution in [3.63, 3.8) is 0 Å². The number of hydrogen-bond donors (Lipinski definition) is 0. The van der Waals surface area contributed by atoms with Crippen LogP contribution in [0.15, 0.2) is 59.3 Å². The lowest BCUT2D eigenvalue weighted by Crippen LogP contribution is -1.83. The number of aryl methyl sites for hydroxylation is 1. The van der Waals surface area contributed by atoms with Gasteiger partial charge in [-0.1, -0.05) is 23.8 Å². The normalized spacial score (nSPS) is 11.2. The first kappa shape index (κ1) is 11.2. The number of pyridine rings is 2. The van der Waals surface area contributed by atoms with Gasteiger partial charge < -0.3 is 4.42 Å². The van der Waals surface area contributed by atoms with Crippen LogP contribution < -0.4 is 0 Å². The third-order valence-electron chi connectivity index (χ3n) is 3.45. The van der Waals surface area contributed by atoms with Crippen molar-refractivity contribution in [2.24, 2.45) is 0 Å². The van der Waals surface area contributed by atoms with Crippen molar-refractivity contribution in [2.75, 3.05) is 0 Å². The van der Waals surface area contributed by atoms with Gasteiger partial charge in [-0.15, -0.1) is 0 Å². The Labute approximate surface area is 115 Å². The first-order chi connectivity index (χ1) is 9.81. The molecule has 0 atom stereocenters. The molecule has 0 fully saturated rings. The molecule has 20 heavy (non-hydrogen) atoms. The van der Waals surface area contributed by atoms with Crippen LogP contribution in [0.4, 0.5) is 0 Å². The number of rotatable bonds is 1. The molecule has 3 nitrogen and oxygen atoms in total. The van der Waals surface area contributed by atoms with Crippen molar-refractivity contribution in [3.8, 4) is 11.3 Å². The zero-order valence-corrected chi connectivity index (χ0v) is 11.0. The minimum atomic E-state index is 0.658. The molecule has 3 heteroatoms. The summed E-state index contributed by atoms with van der Waals surface area (Å²) >= 11 is 0. The highest BCUT2D eigenvalue weighted by atomic mass is 16.3. The SMILES string of the molecule is Cc1cccc(-c2cc3oc4ncccc4c3cn2)c1. The van der Waals surface area contributed by atoms with Gasteiger partial charge in [-0.3, -0.25) is 4.98 Å². The molecule has 3 aromatic heterocycles. The number of fused-ring (bicyclic) bond motifs is 3. The minimum absolute atomic E-state index is 0.658. The molecule has 0 aliphatic heterocycles. The van der Waals surface area contributed by atoms with Crippen LogP contribution in [0.1, 0.15) is 5.56 Å². The van der Waals surface area contributed by atoms with Gasteiger partial charge >= 0.3 is 0 Å². The molecule has 0 bridgehead atoms. The van der Waals surface area contributed by atoms with Gasteiger partial charge in [-0.05, 0) is 25.1 Å². The third-order valence-corrected chi connectivity index (χ3v) is 3.45. The van der Waals surface area contributed by atoms with Gasteiger partial charge in [0.25, 0.3) is 0 Å². The zero-order chi connectivity index (χ0) is 13.5. The summed E-state index contributed by atoms with van der Waals surface area (Å²) in [7, 11) is 0. The topological polar surface area (TPSA) is 38.9 Å². The zero-order valence-electron chi connectivity index (χ0n) is 11.0. The summed E-state index contributed by atoms with van der Waals surface area (Å²) in [6.07, 6.45) is 3.60. The molecule has 96 valence electrons. The predicted molar refractivity (Wildman–Crippen MR) is 79.5 cm³/mol. The largest absolute Gasteiger partial charge is 0.438 e. The van der Waals surface area contributed by atoms with Crippen LogP contribution in [0.5, 0.6) is 0 Å². The maximum Gasteiger partial charge on any atom is 0.227 e. The molecule has 0 amide bonds. The number of benzene rings is 1. The fraction of sp³-hybridized carbons (Fsp3) is 0.0588. The van der Waals surface area contributed by atoms with Gasteiger partial charge in [0.1, 0.15) is 5.58 Å². The molecule has 0 N–H and O–H groups in total. The van der Waals surface area contributed by atoms with E-state index in [4.69, 9.17) is 4.42 Å². The lowest BCUT2D eigenvalue weighted by molar-refractivity contribution is 0.654. The lowest BCUT2D eigenvalue weighted by atomic mass is 10.1. The van der Waals surface area contributed by atoms with Crippen molar-refractivity contribution in [3.05, 3.63) is 60.4 Å². The van der Waals surface area contributed by atoms with E-state index in [-0.39, 0.29) is 0 Å². The van der Waals surface area contributed by atoms with Crippen molar-refractivity contribution >= 4 is 22.1 Å². The van der Waals surface area contributed by atoms with Crippen LogP contribution in [0, 0.1) is 6.92 Å². The highest BCUT2D eigenvalue weighted by Crippen LogP contribution is 2.29. The molecule has 3 heterocycles. The van der Waals surface area contributed by atoms with E-state index < -0.39 is 0 Å². The summed E-state index contributed by atoms with van der Waals surface area (Å²) in [5, 5.41) is 2.01. The van der Waals surface area contributed by atoms with Gasteiger partial charge in [0.15, 0.2) is 0 Å². The first-order valence-electron chi connectivity index (χ1n) is 6.51. The fourth-order valence-electron chi connectivity index (χ4n) is 2.47. The van der Waals surface area contributed by atoms with Crippen LogP contribution in [0.2, 0.25) is 0 Å². The lowest BCUT2D eigenvalue weighted by Gasteiger charge is -2.01. The molecule has 0 saturated carbocycles. The maximum absolute atomic E-state index is 5.79. The first-order valence-corrected chi connectivity index (χ1v) is 6.51. The molecular weight excluding hydrogens is 248 g/mol. The van der Waals surface area contributed by atoms with Crippen molar-refractivity contribution in [1.82, 2.24) is 9.97 Å². The summed E-state index contributed by atoms with van der Waals surface area (Å²) in [5.41, 5.74) is 4.71. The molecule has 0 radical (unpaired) electrons. The number of nitrogens with zero attached hydrogens (tertiary/aromatic N) is 2. The van der Waals surface area contributed by atoms with E-state index in [0.717, 1.165) is 27.6 Å². The second-order valence-electron chi connectivity index (χ2n) is 4.89. The van der Waals surface area contributed by atoms with E-state index in [0.29, 0.717) is 5.71 Å². The molecule has 0 saturated heterocycles. The third kappa shape index (κ3) is 1.67. The number of aromatic nitrogens is 2. The van der Waals surface area contributed by atoms with Crippen molar-refractivity contribution < 1.29 is 4.42 Å². The molecule has 0 aliphatic rings. The average molecular weight is 260 g/mol.